The molecule has 0 spiro atoms. The van der Waals surface area contributed by atoms with Crippen molar-refractivity contribution >= 4 is 40.5 Å². The van der Waals surface area contributed by atoms with Gasteiger partial charge >= 0.3 is 17.8 Å². The Morgan fingerprint density at radius 3 is 2.38 bits per heavy atom. The summed E-state index contributed by atoms with van der Waals surface area (Å²) in [6.45, 7) is 1.88. The molecule has 0 saturated heterocycles. The SMILES string of the molecule is Cc1cccc(NC(=O)C(=O)NN=Cc2c(OC(=O)c3ccccc3)ccc3ccccc23)c1. The van der Waals surface area contributed by atoms with Crippen LogP contribution in [-0.4, -0.2) is 24.0 Å². The van der Waals surface area contributed by atoms with Crippen molar-refractivity contribution in [3.05, 3.63) is 108 Å². The van der Waals surface area contributed by atoms with Crippen LogP contribution in [-0.2, 0) is 9.59 Å². The van der Waals surface area contributed by atoms with Crippen molar-refractivity contribution in [1.82, 2.24) is 5.43 Å². The molecular weight excluding hydrogens is 430 g/mol. The average Bonchev–Trinajstić information content (AvgIpc) is 2.85. The van der Waals surface area contributed by atoms with E-state index in [0.717, 1.165) is 16.3 Å². The number of aryl methyl sites for hydroxylation is 1. The van der Waals surface area contributed by atoms with Gasteiger partial charge in [-0.1, -0.05) is 60.7 Å². The second-order valence-electron chi connectivity index (χ2n) is 7.48. The maximum Gasteiger partial charge on any atom is 0.343 e. The summed E-state index contributed by atoms with van der Waals surface area (Å²) in [5.74, 6) is -2.03. The number of carbonyl (C=O) groups is 3. The Morgan fingerprint density at radius 1 is 0.824 bits per heavy atom. The molecule has 0 saturated carbocycles. The van der Waals surface area contributed by atoms with Crippen molar-refractivity contribution in [3.63, 3.8) is 0 Å². The van der Waals surface area contributed by atoms with Gasteiger partial charge in [-0.25, -0.2) is 10.2 Å². The molecule has 0 fully saturated rings. The molecule has 168 valence electrons. The molecule has 0 aliphatic heterocycles. The number of hydrogen-bond donors (Lipinski definition) is 2. The first kappa shape index (κ1) is 22.4. The summed E-state index contributed by atoms with van der Waals surface area (Å²) in [6, 6.07) is 26.7. The van der Waals surface area contributed by atoms with Crippen molar-refractivity contribution in [1.29, 1.82) is 0 Å². The molecule has 4 aromatic carbocycles. The van der Waals surface area contributed by atoms with Gasteiger partial charge in [-0.05, 0) is 53.6 Å². The van der Waals surface area contributed by atoms with E-state index in [2.05, 4.69) is 15.8 Å². The first-order chi connectivity index (χ1) is 16.5. The summed E-state index contributed by atoms with van der Waals surface area (Å²) in [5, 5.41) is 8.12. The zero-order valence-corrected chi connectivity index (χ0v) is 18.3. The third kappa shape index (κ3) is 5.34. The number of nitrogens with one attached hydrogen (secondary N) is 2. The highest BCUT2D eigenvalue weighted by molar-refractivity contribution is 6.39. The standard InChI is InChI=1S/C27H21N3O4/c1-18-8-7-12-21(16-18)29-25(31)26(32)30-28-17-23-22-13-6-5-9-19(22)14-15-24(23)34-27(33)20-10-3-2-4-11-20/h2-17H,1H3,(H,29,31)(H,30,32). The number of hydrogen-bond acceptors (Lipinski definition) is 5. The van der Waals surface area contributed by atoms with E-state index in [0.29, 0.717) is 16.8 Å². The fourth-order valence-electron chi connectivity index (χ4n) is 3.35. The Hall–Kier alpha value is -4.78. The smallest absolute Gasteiger partial charge is 0.343 e. The number of fused-ring (bicyclic) bond motifs is 1. The van der Waals surface area contributed by atoms with E-state index in [1.807, 2.05) is 49.4 Å². The van der Waals surface area contributed by atoms with E-state index in [1.165, 1.54) is 6.21 Å². The van der Waals surface area contributed by atoms with Crippen LogP contribution in [0, 0.1) is 6.92 Å². The Balaban J connectivity index is 1.54. The van der Waals surface area contributed by atoms with E-state index in [4.69, 9.17) is 4.74 Å². The first-order valence-electron chi connectivity index (χ1n) is 10.5. The maximum absolute atomic E-state index is 12.6. The average molecular weight is 451 g/mol. The van der Waals surface area contributed by atoms with Crippen LogP contribution in [0.15, 0.2) is 96.1 Å². The van der Waals surface area contributed by atoms with Crippen molar-refractivity contribution in [2.24, 2.45) is 5.10 Å². The number of anilines is 1. The van der Waals surface area contributed by atoms with Gasteiger partial charge in [0.1, 0.15) is 5.75 Å². The molecule has 0 unspecified atom stereocenters. The molecule has 4 aromatic rings. The lowest BCUT2D eigenvalue weighted by atomic mass is 10.0. The number of ether oxygens (including phenoxy) is 1. The fourth-order valence-corrected chi connectivity index (χ4v) is 3.35. The molecule has 0 aliphatic carbocycles. The number of carbonyl (C=O) groups excluding carboxylic acids is 3. The zero-order chi connectivity index (χ0) is 23.9. The van der Waals surface area contributed by atoms with Gasteiger partial charge in [-0.15, -0.1) is 0 Å². The third-order valence-corrected chi connectivity index (χ3v) is 4.98. The predicted molar refractivity (Wildman–Crippen MR) is 131 cm³/mol. The topological polar surface area (TPSA) is 96.9 Å². The lowest BCUT2D eigenvalue weighted by Crippen LogP contribution is -2.32. The highest BCUT2D eigenvalue weighted by Gasteiger charge is 2.15. The van der Waals surface area contributed by atoms with Crippen LogP contribution < -0.4 is 15.5 Å². The lowest BCUT2D eigenvalue weighted by Gasteiger charge is -2.10. The van der Waals surface area contributed by atoms with Crippen LogP contribution in [0.4, 0.5) is 5.69 Å². The minimum atomic E-state index is -0.930. The number of amides is 2. The summed E-state index contributed by atoms with van der Waals surface area (Å²) in [7, 11) is 0. The minimum absolute atomic E-state index is 0.273. The van der Waals surface area contributed by atoms with E-state index in [1.54, 1.807) is 48.5 Å². The summed E-state index contributed by atoms with van der Waals surface area (Å²) in [6.07, 6.45) is 1.35. The van der Waals surface area contributed by atoms with Crippen molar-refractivity contribution in [2.45, 2.75) is 6.92 Å². The van der Waals surface area contributed by atoms with Crippen molar-refractivity contribution in [2.75, 3.05) is 5.32 Å². The summed E-state index contributed by atoms with van der Waals surface area (Å²) < 4.78 is 5.61. The normalized spacial score (nSPS) is 10.7. The predicted octanol–water partition coefficient (Wildman–Crippen LogP) is 4.46. The Labute approximate surface area is 196 Å². The molecule has 0 bridgehead atoms. The highest BCUT2D eigenvalue weighted by atomic mass is 16.5. The molecule has 0 heterocycles. The highest BCUT2D eigenvalue weighted by Crippen LogP contribution is 2.27. The van der Waals surface area contributed by atoms with Gasteiger partial charge in [-0.3, -0.25) is 9.59 Å². The number of hydrazone groups is 1. The Bertz CT molecular complexity index is 1400. The number of benzene rings is 4. The second-order valence-corrected chi connectivity index (χ2v) is 7.48. The molecule has 0 atom stereocenters. The number of rotatable bonds is 5. The summed E-state index contributed by atoms with van der Waals surface area (Å²) >= 11 is 0. The van der Waals surface area contributed by atoms with Crippen LogP contribution in [0.25, 0.3) is 10.8 Å². The molecule has 34 heavy (non-hydrogen) atoms. The van der Waals surface area contributed by atoms with Crippen molar-refractivity contribution in [3.8, 4) is 5.75 Å². The van der Waals surface area contributed by atoms with Crippen LogP contribution in [0.3, 0.4) is 0 Å². The van der Waals surface area contributed by atoms with E-state index in [-0.39, 0.29) is 5.75 Å². The molecule has 0 radical (unpaired) electrons. The van der Waals surface area contributed by atoms with Gasteiger partial charge in [0.05, 0.1) is 11.8 Å². The van der Waals surface area contributed by atoms with Gasteiger partial charge in [0.25, 0.3) is 0 Å². The largest absolute Gasteiger partial charge is 0.422 e. The monoisotopic (exact) mass is 451 g/mol. The van der Waals surface area contributed by atoms with Crippen LogP contribution in [0.2, 0.25) is 0 Å². The van der Waals surface area contributed by atoms with Gasteiger partial charge < -0.3 is 10.1 Å². The maximum atomic E-state index is 12.6. The van der Waals surface area contributed by atoms with E-state index >= 15 is 0 Å². The van der Waals surface area contributed by atoms with E-state index in [9.17, 15) is 14.4 Å². The molecule has 2 N–H and O–H groups in total. The second kappa shape index (κ2) is 10.2. The van der Waals surface area contributed by atoms with Gasteiger partial charge in [0, 0.05) is 11.3 Å². The molecule has 0 aromatic heterocycles. The van der Waals surface area contributed by atoms with Gasteiger partial charge in [-0.2, -0.15) is 5.10 Å². The zero-order valence-electron chi connectivity index (χ0n) is 18.3. The Kier molecular flexibility index (Phi) is 6.74. The quantitative estimate of drug-likeness (QED) is 0.154. The molecule has 4 rings (SSSR count). The minimum Gasteiger partial charge on any atom is -0.422 e. The fraction of sp³-hybridized carbons (Fsp3) is 0.0370. The molecule has 0 aliphatic rings. The van der Waals surface area contributed by atoms with Gasteiger partial charge in [0.15, 0.2) is 0 Å². The third-order valence-electron chi connectivity index (χ3n) is 4.98. The van der Waals surface area contributed by atoms with Crippen LogP contribution in [0.5, 0.6) is 5.75 Å². The number of esters is 1. The van der Waals surface area contributed by atoms with Crippen LogP contribution >= 0.6 is 0 Å². The molecule has 7 nitrogen and oxygen atoms in total. The van der Waals surface area contributed by atoms with Gasteiger partial charge in [0.2, 0.25) is 0 Å². The van der Waals surface area contributed by atoms with E-state index < -0.39 is 17.8 Å². The summed E-state index contributed by atoms with van der Waals surface area (Å²) in [4.78, 5) is 37.0. The lowest BCUT2D eigenvalue weighted by molar-refractivity contribution is -0.136. The van der Waals surface area contributed by atoms with Crippen molar-refractivity contribution < 1.29 is 19.1 Å². The molecule has 2 amide bonds. The first-order valence-corrected chi connectivity index (χ1v) is 10.5. The molecule has 7 heteroatoms. The Morgan fingerprint density at radius 2 is 1.59 bits per heavy atom. The summed E-state index contributed by atoms with van der Waals surface area (Å²) in [5.41, 5.74) is 4.57. The number of nitrogens with zero attached hydrogens (tertiary/aromatic N) is 1. The van der Waals surface area contributed by atoms with Crippen LogP contribution in [0.1, 0.15) is 21.5 Å². The molecular formula is C27H21N3O4.